The summed E-state index contributed by atoms with van der Waals surface area (Å²) in [7, 11) is 0. The van der Waals surface area contributed by atoms with Crippen LogP contribution in [0.25, 0.3) is 0 Å². The second-order valence-electron chi connectivity index (χ2n) is 5.87. The lowest BCUT2D eigenvalue weighted by atomic mass is 10.0. The molecule has 112 valence electrons. The number of carbonyl (C=O) groups excluding carboxylic acids is 1. The van der Waals surface area contributed by atoms with Gasteiger partial charge in [0.15, 0.2) is 0 Å². The average molecular weight is 276 g/mol. The zero-order valence-electron chi connectivity index (χ0n) is 13.0. The molecule has 0 heterocycles. The minimum atomic E-state index is 0.0974. The van der Waals surface area contributed by atoms with E-state index in [1.165, 1.54) is 11.1 Å². The topological polar surface area (TPSA) is 55.1 Å². The summed E-state index contributed by atoms with van der Waals surface area (Å²) in [6.45, 7) is 7.07. The number of aryl methyl sites for hydroxylation is 1. The van der Waals surface area contributed by atoms with Crippen LogP contribution in [-0.2, 0) is 11.2 Å². The first-order chi connectivity index (χ1) is 9.49. The van der Waals surface area contributed by atoms with E-state index in [0.29, 0.717) is 12.3 Å². The Kier molecular flexibility index (Phi) is 7.31. The molecule has 1 aromatic carbocycles. The summed E-state index contributed by atoms with van der Waals surface area (Å²) in [5.74, 6) is 0.686. The van der Waals surface area contributed by atoms with Gasteiger partial charge in [-0.15, -0.1) is 0 Å². The molecule has 3 heteroatoms. The Balaban J connectivity index is 2.19. The number of benzene rings is 1. The Morgan fingerprint density at radius 2 is 1.85 bits per heavy atom. The number of rotatable bonds is 8. The first-order valence-corrected chi connectivity index (χ1v) is 7.60. The molecule has 1 amide bonds. The van der Waals surface area contributed by atoms with Gasteiger partial charge in [-0.1, -0.05) is 38.1 Å². The minimum absolute atomic E-state index is 0.0974. The van der Waals surface area contributed by atoms with Gasteiger partial charge in [0.05, 0.1) is 0 Å². The highest BCUT2D eigenvalue weighted by molar-refractivity contribution is 5.75. The van der Waals surface area contributed by atoms with Crippen LogP contribution >= 0.6 is 0 Å². The van der Waals surface area contributed by atoms with E-state index in [1.807, 2.05) is 6.92 Å². The Labute approximate surface area is 122 Å². The van der Waals surface area contributed by atoms with Crippen LogP contribution in [0.15, 0.2) is 24.3 Å². The lowest BCUT2D eigenvalue weighted by molar-refractivity contribution is -0.121. The Morgan fingerprint density at radius 1 is 1.20 bits per heavy atom. The van der Waals surface area contributed by atoms with Crippen molar-refractivity contribution >= 4 is 5.91 Å². The van der Waals surface area contributed by atoms with Crippen molar-refractivity contribution in [2.75, 3.05) is 6.54 Å². The summed E-state index contributed by atoms with van der Waals surface area (Å²) in [5, 5.41) is 2.94. The SMILES string of the molecule is CC(N)CCC(=O)NCCCc1ccc(C(C)C)cc1. The first kappa shape index (κ1) is 16.7. The van der Waals surface area contributed by atoms with Crippen LogP contribution in [0.5, 0.6) is 0 Å². The average Bonchev–Trinajstić information content (AvgIpc) is 2.42. The van der Waals surface area contributed by atoms with Gasteiger partial charge in [-0.3, -0.25) is 4.79 Å². The van der Waals surface area contributed by atoms with Crippen molar-refractivity contribution in [1.82, 2.24) is 5.32 Å². The molecule has 0 aliphatic rings. The van der Waals surface area contributed by atoms with Crippen molar-refractivity contribution < 1.29 is 4.79 Å². The second-order valence-corrected chi connectivity index (χ2v) is 5.87. The van der Waals surface area contributed by atoms with Crippen molar-refractivity contribution in [1.29, 1.82) is 0 Å². The van der Waals surface area contributed by atoms with E-state index < -0.39 is 0 Å². The largest absolute Gasteiger partial charge is 0.356 e. The van der Waals surface area contributed by atoms with E-state index in [0.717, 1.165) is 25.8 Å². The lowest BCUT2D eigenvalue weighted by Crippen LogP contribution is -2.26. The van der Waals surface area contributed by atoms with Crippen LogP contribution in [0.1, 0.15) is 57.1 Å². The van der Waals surface area contributed by atoms with E-state index in [9.17, 15) is 4.79 Å². The quantitative estimate of drug-likeness (QED) is 0.717. The Bertz CT molecular complexity index is 396. The van der Waals surface area contributed by atoms with Crippen LogP contribution in [-0.4, -0.2) is 18.5 Å². The number of carbonyl (C=O) groups is 1. The highest BCUT2D eigenvalue weighted by Gasteiger charge is 2.03. The van der Waals surface area contributed by atoms with Gasteiger partial charge >= 0.3 is 0 Å². The maximum Gasteiger partial charge on any atom is 0.220 e. The molecule has 0 spiro atoms. The number of nitrogens with one attached hydrogen (secondary N) is 1. The van der Waals surface area contributed by atoms with Gasteiger partial charge in [-0.2, -0.15) is 0 Å². The van der Waals surface area contributed by atoms with Crippen LogP contribution in [0.4, 0.5) is 0 Å². The third-order valence-corrected chi connectivity index (χ3v) is 3.44. The summed E-state index contributed by atoms with van der Waals surface area (Å²) >= 11 is 0. The molecule has 0 bridgehead atoms. The number of hydrogen-bond acceptors (Lipinski definition) is 2. The minimum Gasteiger partial charge on any atom is -0.356 e. The summed E-state index contributed by atoms with van der Waals surface area (Å²) in [4.78, 5) is 11.5. The van der Waals surface area contributed by atoms with Crippen LogP contribution in [0.2, 0.25) is 0 Å². The molecule has 20 heavy (non-hydrogen) atoms. The van der Waals surface area contributed by atoms with E-state index in [-0.39, 0.29) is 11.9 Å². The molecule has 0 saturated heterocycles. The van der Waals surface area contributed by atoms with E-state index in [1.54, 1.807) is 0 Å². The molecule has 0 aliphatic carbocycles. The Hall–Kier alpha value is -1.35. The standard InChI is InChI=1S/C17H28N2O/c1-13(2)16-9-7-15(8-10-16)5-4-12-19-17(20)11-6-14(3)18/h7-10,13-14H,4-6,11-12,18H2,1-3H3,(H,19,20). The van der Waals surface area contributed by atoms with E-state index >= 15 is 0 Å². The summed E-state index contributed by atoms with van der Waals surface area (Å²) in [6, 6.07) is 8.86. The fourth-order valence-electron chi connectivity index (χ4n) is 2.04. The molecule has 3 nitrogen and oxygen atoms in total. The zero-order chi connectivity index (χ0) is 15.0. The summed E-state index contributed by atoms with van der Waals surface area (Å²) in [6.07, 6.45) is 3.26. The van der Waals surface area contributed by atoms with Gasteiger partial charge < -0.3 is 11.1 Å². The maximum atomic E-state index is 11.5. The van der Waals surface area contributed by atoms with Gasteiger partial charge in [-0.25, -0.2) is 0 Å². The molecule has 1 atom stereocenters. The van der Waals surface area contributed by atoms with Crippen LogP contribution in [0.3, 0.4) is 0 Å². The molecule has 0 radical (unpaired) electrons. The van der Waals surface area contributed by atoms with Gasteiger partial charge in [0, 0.05) is 19.0 Å². The Morgan fingerprint density at radius 3 is 2.40 bits per heavy atom. The molecule has 0 fully saturated rings. The molecule has 1 rings (SSSR count). The van der Waals surface area contributed by atoms with Gasteiger partial charge in [-0.05, 0) is 43.2 Å². The van der Waals surface area contributed by atoms with Crippen molar-refractivity contribution in [2.24, 2.45) is 5.73 Å². The smallest absolute Gasteiger partial charge is 0.220 e. The number of amides is 1. The summed E-state index contributed by atoms with van der Waals surface area (Å²) < 4.78 is 0. The fraction of sp³-hybridized carbons (Fsp3) is 0.588. The zero-order valence-corrected chi connectivity index (χ0v) is 13.0. The van der Waals surface area contributed by atoms with Crippen molar-refractivity contribution in [2.45, 2.75) is 58.4 Å². The molecule has 1 unspecified atom stereocenters. The van der Waals surface area contributed by atoms with Crippen molar-refractivity contribution in [3.8, 4) is 0 Å². The van der Waals surface area contributed by atoms with Crippen molar-refractivity contribution in [3.05, 3.63) is 35.4 Å². The fourth-order valence-corrected chi connectivity index (χ4v) is 2.04. The van der Waals surface area contributed by atoms with E-state index in [2.05, 4.69) is 43.4 Å². The van der Waals surface area contributed by atoms with Crippen LogP contribution in [0, 0.1) is 0 Å². The van der Waals surface area contributed by atoms with Gasteiger partial charge in [0.1, 0.15) is 0 Å². The maximum absolute atomic E-state index is 11.5. The van der Waals surface area contributed by atoms with Gasteiger partial charge in [0.2, 0.25) is 5.91 Å². The molecular weight excluding hydrogens is 248 g/mol. The third kappa shape index (κ3) is 6.71. The molecule has 0 aromatic heterocycles. The van der Waals surface area contributed by atoms with Gasteiger partial charge in [0.25, 0.3) is 0 Å². The predicted octanol–water partition coefficient (Wildman–Crippen LogP) is 2.99. The predicted molar refractivity (Wildman–Crippen MR) is 84.7 cm³/mol. The normalized spacial score (nSPS) is 12.4. The highest BCUT2D eigenvalue weighted by atomic mass is 16.1. The highest BCUT2D eigenvalue weighted by Crippen LogP contribution is 2.15. The van der Waals surface area contributed by atoms with Crippen LogP contribution < -0.4 is 11.1 Å². The third-order valence-electron chi connectivity index (χ3n) is 3.44. The van der Waals surface area contributed by atoms with Crippen molar-refractivity contribution in [3.63, 3.8) is 0 Å². The molecule has 3 N–H and O–H groups in total. The molecular formula is C17H28N2O. The second kappa shape index (κ2) is 8.75. The monoisotopic (exact) mass is 276 g/mol. The molecule has 0 aliphatic heterocycles. The summed E-state index contributed by atoms with van der Waals surface area (Å²) in [5.41, 5.74) is 8.33. The molecule has 1 aromatic rings. The van der Waals surface area contributed by atoms with E-state index in [4.69, 9.17) is 5.73 Å². The number of nitrogens with two attached hydrogens (primary N) is 1. The lowest BCUT2D eigenvalue weighted by Gasteiger charge is -2.08. The first-order valence-electron chi connectivity index (χ1n) is 7.60. The number of hydrogen-bond donors (Lipinski definition) is 2. The molecule has 0 saturated carbocycles.